The van der Waals surface area contributed by atoms with Gasteiger partial charge in [0.05, 0.1) is 28.4 Å². The normalized spacial score (nSPS) is 24.7. The van der Waals surface area contributed by atoms with E-state index in [9.17, 15) is 20.0 Å². The topological polar surface area (TPSA) is 92.9 Å². The minimum absolute atomic E-state index is 0.0273. The molecular weight excluding hydrogens is 264 g/mol. The number of non-ortho nitro benzene ring substituents is 1. The van der Waals surface area contributed by atoms with Crippen LogP contribution >= 0.6 is 0 Å². The zero-order valence-electron chi connectivity index (χ0n) is 10.7. The van der Waals surface area contributed by atoms with Crippen LogP contribution in [0.15, 0.2) is 18.2 Å². The Bertz CT molecular complexity index is 562. The first-order valence-corrected chi connectivity index (χ1v) is 6.46. The van der Waals surface area contributed by atoms with Crippen molar-refractivity contribution in [1.82, 2.24) is 0 Å². The van der Waals surface area contributed by atoms with Gasteiger partial charge in [-0.3, -0.25) is 10.1 Å². The molecule has 106 valence electrons. The van der Waals surface area contributed by atoms with Gasteiger partial charge in [0, 0.05) is 25.2 Å². The lowest BCUT2D eigenvalue weighted by Gasteiger charge is -2.34. The fraction of sp³-hybridized carbons (Fsp3) is 0.462. The zero-order valence-corrected chi connectivity index (χ0v) is 10.7. The third-order valence-electron chi connectivity index (χ3n) is 3.81. The predicted molar refractivity (Wildman–Crippen MR) is 70.2 cm³/mol. The molecule has 2 bridgehead atoms. The fourth-order valence-electron chi connectivity index (χ4n) is 2.90. The van der Waals surface area contributed by atoms with Crippen LogP contribution in [0, 0.1) is 10.1 Å². The van der Waals surface area contributed by atoms with Crippen molar-refractivity contribution < 1.29 is 19.6 Å². The highest BCUT2D eigenvalue weighted by molar-refractivity contribution is 5.95. The van der Waals surface area contributed by atoms with Crippen molar-refractivity contribution in [3.05, 3.63) is 33.9 Å². The summed E-state index contributed by atoms with van der Waals surface area (Å²) in [7, 11) is 0. The first-order chi connectivity index (χ1) is 9.54. The molecule has 0 aliphatic carbocycles. The summed E-state index contributed by atoms with van der Waals surface area (Å²) in [5.41, 5.74) is 0.297. The highest BCUT2D eigenvalue weighted by Crippen LogP contribution is 2.32. The average Bonchev–Trinajstić information content (AvgIpc) is 2.76. The van der Waals surface area contributed by atoms with E-state index in [4.69, 9.17) is 4.74 Å². The second-order valence-corrected chi connectivity index (χ2v) is 5.13. The molecule has 2 fully saturated rings. The molecule has 0 radical (unpaired) electrons. The number of nitro groups is 1. The molecular formula is C13H14N2O5. The van der Waals surface area contributed by atoms with Gasteiger partial charge in [-0.25, -0.2) is 4.79 Å². The van der Waals surface area contributed by atoms with Gasteiger partial charge >= 0.3 is 5.97 Å². The molecule has 2 heterocycles. The van der Waals surface area contributed by atoms with Gasteiger partial charge in [-0.05, 0) is 18.9 Å². The number of benzene rings is 1. The molecule has 1 aromatic rings. The summed E-state index contributed by atoms with van der Waals surface area (Å²) in [4.78, 5) is 23.5. The van der Waals surface area contributed by atoms with Gasteiger partial charge in [-0.1, -0.05) is 0 Å². The van der Waals surface area contributed by atoms with Crippen LogP contribution in [-0.4, -0.2) is 41.3 Å². The molecule has 3 rings (SSSR count). The molecule has 2 atom stereocenters. The zero-order chi connectivity index (χ0) is 14.3. The Morgan fingerprint density at radius 2 is 2.00 bits per heavy atom. The number of carbonyl (C=O) groups is 1. The summed E-state index contributed by atoms with van der Waals surface area (Å²) in [6.45, 7) is 1.27. The molecule has 2 aliphatic rings. The fourth-order valence-corrected chi connectivity index (χ4v) is 2.90. The Labute approximate surface area is 114 Å². The van der Waals surface area contributed by atoms with Crippen molar-refractivity contribution in [1.29, 1.82) is 0 Å². The molecule has 2 unspecified atom stereocenters. The van der Waals surface area contributed by atoms with Gasteiger partial charge in [0.1, 0.15) is 0 Å². The quantitative estimate of drug-likeness (QED) is 0.667. The second kappa shape index (κ2) is 4.75. The molecule has 0 spiro atoms. The highest BCUT2D eigenvalue weighted by atomic mass is 16.6. The summed E-state index contributed by atoms with van der Waals surface area (Å²) >= 11 is 0. The van der Waals surface area contributed by atoms with E-state index in [1.807, 2.05) is 4.90 Å². The maximum absolute atomic E-state index is 11.3. The van der Waals surface area contributed by atoms with Crippen molar-refractivity contribution in [2.75, 3.05) is 18.0 Å². The van der Waals surface area contributed by atoms with Crippen molar-refractivity contribution in [2.24, 2.45) is 0 Å². The summed E-state index contributed by atoms with van der Waals surface area (Å²) in [6, 6.07) is 3.99. The number of anilines is 1. The van der Waals surface area contributed by atoms with E-state index < -0.39 is 10.9 Å². The first kappa shape index (κ1) is 12.9. The van der Waals surface area contributed by atoms with Crippen molar-refractivity contribution >= 4 is 17.3 Å². The predicted octanol–water partition coefficient (Wildman–Crippen LogP) is 1.66. The SMILES string of the molecule is O=C(O)c1cc([N+](=O)[O-])ccc1N1CC2CCC(C1)O2. The lowest BCUT2D eigenvalue weighted by atomic mass is 10.1. The molecule has 2 aliphatic heterocycles. The van der Waals surface area contributed by atoms with Crippen LogP contribution < -0.4 is 4.90 Å². The summed E-state index contributed by atoms with van der Waals surface area (Å²) < 4.78 is 5.71. The van der Waals surface area contributed by atoms with E-state index in [1.165, 1.54) is 12.1 Å². The van der Waals surface area contributed by atoms with E-state index >= 15 is 0 Å². The Morgan fingerprint density at radius 3 is 2.55 bits per heavy atom. The molecule has 0 saturated carbocycles. The number of rotatable bonds is 3. The van der Waals surface area contributed by atoms with E-state index in [2.05, 4.69) is 0 Å². The van der Waals surface area contributed by atoms with Crippen LogP contribution in [0.5, 0.6) is 0 Å². The standard InChI is InChI=1S/C13H14N2O5/c16-13(17)11-5-8(15(18)19)1-4-12(11)14-6-9-2-3-10(7-14)20-9/h1,4-5,9-10H,2-3,6-7H2,(H,16,17). The van der Waals surface area contributed by atoms with Gasteiger partial charge < -0.3 is 14.7 Å². The first-order valence-electron chi connectivity index (χ1n) is 6.46. The van der Waals surface area contributed by atoms with E-state index in [0.29, 0.717) is 18.8 Å². The molecule has 0 aromatic heterocycles. The number of ether oxygens (including phenoxy) is 1. The monoisotopic (exact) mass is 278 g/mol. The van der Waals surface area contributed by atoms with Crippen LogP contribution in [0.2, 0.25) is 0 Å². The summed E-state index contributed by atoms with van der Waals surface area (Å²) in [6.07, 6.45) is 2.23. The van der Waals surface area contributed by atoms with E-state index in [0.717, 1.165) is 18.9 Å². The summed E-state index contributed by atoms with van der Waals surface area (Å²) in [5, 5.41) is 20.0. The largest absolute Gasteiger partial charge is 0.478 e. The average molecular weight is 278 g/mol. The molecule has 7 nitrogen and oxygen atoms in total. The summed E-state index contributed by atoms with van der Waals surface area (Å²) in [5.74, 6) is -1.15. The molecule has 20 heavy (non-hydrogen) atoms. The molecule has 0 amide bonds. The van der Waals surface area contributed by atoms with Gasteiger partial charge in [0.15, 0.2) is 0 Å². The van der Waals surface area contributed by atoms with Gasteiger partial charge in [0.2, 0.25) is 0 Å². The number of carboxylic acid groups (broad SMARTS) is 1. The van der Waals surface area contributed by atoms with Crippen LogP contribution in [-0.2, 0) is 4.74 Å². The number of fused-ring (bicyclic) bond motifs is 2. The second-order valence-electron chi connectivity index (χ2n) is 5.13. The maximum Gasteiger partial charge on any atom is 0.338 e. The number of nitrogens with zero attached hydrogens (tertiary/aromatic N) is 2. The minimum Gasteiger partial charge on any atom is -0.478 e. The lowest BCUT2D eigenvalue weighted by Crippen LogP contribution is -2.43. The minimum atomic E-state index is -1.15. The Morgan fingerprint density at radius 1 is 1.35 bits per heavy atom. The van der Waals surface area contributed by atoms with Gasteiger partial charge in [-0.15, -0.1) is 0 Å². The lowest BCUT2D eigenvalue weighted by molar-refractivity contribution is -0.384. The number of morpholine rings is 1. The highest BCUT2D eigenvalue weighted by Gasteiger charge is 2.35. The van der Waals surface area contributed by atoms with Crippen LogP contribution in [0.4, 0.5) is 11.4 Å². The smallest absolute Gasteiger partial charge is 0.338 e. The third kappa shape index (κ3) is 2.20. The Balaban J connectivity index is 1.96. The molecule has 1 aromatic carbocycles. The third-order valence-corrected chi connectivity index (χ3v) is 3.81. The maximum atomic E-state index is 11.3. The van der Waals surface area contributed by atoms with Crippen LogP contribution in [0.3, 0.4) is 0 Å². The van der Waals surface area contributed by atoms with Crippen LogP contribution in [0.1, 0.15) is 23.2 Å². The molecule has 1 N–H and O–H groups in total. The number of carboxylic acids is 1. The van der Waals surface area contributed by atoms with Gasteiger partial charge in [0.25, 0.3) is 5.69 Å². The Kier molecular flexibility index (Phi) is 3.06. The molecule has 7 heteroatoms. The van der Waals surface area contributed by atoms with E-state index in [-0.39, 0.29) is 23.5 Å². The van der Waals surface area contributed by atoms with Gasteiger partial charge in [-0.2, -0.15) is 0 Å². The Hall–Kier alpha value is -2.15. The number of nitro benzene ring substituents is 1. The van der Waals surface area contributed by atoms with Crippen LogP contribution in [0.25, 0.3) is 0 Å². The number of aromatic carboxylic acids is 1. The number of hydrogen-bond donors (Lipinski definition) is 1. The van der Waals surface area contributed by atoms with E-state index in [1.54, 1.807) is 0 Å². The number of hydrogen-bond acceptors (Lipinski definition) is 5. The van der Waals surface area contributed by atoms with Crippen molar-refractivity contribution in [2.45, 2.75) is 25.0 Å². The molecule has 2 saturated heterocycles. The van der Waals surface area contributed by atoms with Crippen molar-refractivity contribution in [3.8, 4) is 0 Å². The van der Waals surface area contributed by atoms with Crippen molar-refractivity contribution in [3.63, 3.8) is 0 Å².